The molecule has 3 rings (SSSR count). The smallest absolute Gasteiger partial charge is 0.247 e. The Morgan fingerprint density at radius 3 is 2.41 bits per heavy atom. The first-order chi connectivity index (χ1) is 10.7. The van der Waals surface area contributed by atoms with Gasteiger partial charge < -0.3 is 4.90 Å². The maximum Gasteiger partial charge on any atom is 0.247 e. The molecule has 2 aromatic carbocycles. The molecular weight excluding hydrogens is 270 g/mol. The maximum absolute atomic E-state index is 12.5. The maximum atomic E-state index is 12.5. The number of nitrogens with zero attached hydrogens (tertiary/aromatic N) is 1. The summed E-state index contributed by atoms with van der Waals surface area (Å²) in [7, 11) is 0. The van der Waals surface area contributed by atoms with Crippen molar-refractivity contribution in [2.75, 3.05) is 0 Å². The van der Waals surface area contributed by atoms with Crippen LogP contribution in [0.5, 0.6) is 0 Å². The molecule has 1 fully saturated rings. The van der Waals surface area contributed by atoms with Crippen LogP contribution in [0.15, 0.2) is 60.7 Å². The highest BCUT2D eigenvalue weighted by Gasteiger charge is 2.31. The van der Waals surface area contributed by atoms with Crippen LogP contribution >= 0.6 is 0 Å². The Kier molecular flexibility index (Phi) is 4.38. The van der Waals surface area contributed by atoms with Gasteiger partial charge in [-0.05, 0) is 37.0 Å². The van der Waals surface area contributed by atoms with Gasteiger partial charge >= 0.3 is 0 Å². The van der Waals surface area contributed by atoms with E-state index in [9.17, 15) is 4.79 Å². The SMILES string of the molecule is Cc1ccc(/C=C/C(=O)N(Cc2ccccc2)C2CC2)cc1. The molecule has 0 aromatic heterocycles. The summed E-state index contributed by atoms with van der Waals surface area (Å²) in [4.78, 5) is 14.5. The lowest BCUT2D eigenvalue weighted by Gasteiger charge is -2.21. The molecule has 0 spiro atoms. The first kappa shape index (κ1) is 14.6. The number of rotatable bonds is 5. The third kappa shape index (κ3) is 3.85. The zero-order valence-corrected chi connectivity index (χ0v) is 12.9. The Balaban J connectivity index is 1.69. The van der Waals surface area contributed by atoms with Crippen LogP contribution in [0.2, 0.25) is 0 Å². The summed E-state index contributed by atoms with van der Waals surface area (Å²) >= 11 is 0. The van der Waals surface area contributed by atoms with Crippen molar-refractivity contribution >= 4 is 12.0 Å². The molecule has 0 N–H and O–H groups in total. The standard InChI is InChI=1S/C20H21NO/c1-16-7-9-17(10-8-16)11-14-20(22)21(19-12-13-19)15-18-5-3-2-4-6-18/h2-11,14,19H,12-13,15H2,1H3/b14-11+. The molecule has 0 unspecified atom stereocenters. The van der Waals surface area contributed by atoms with Gasteiger partial charge in [-0.1, -0.05) is 60.2 Å². The van der Waals surface area contributed by atoms with Crippen LogP contribution < -0.4 is 0 Å². The molecule has 1 aliphatic rings. The van der Waals surface area contributed by atoms with Gasteiger partial charge in [0.25, 0.3) is 0 Å². The van der Waals surface area contributed by atoms with Crippen molar-refractivity contribution < 1.29 is 4.79 Å². The minimum atomic E-state index is 0.104. The quantitative estimate of drug-likeness (QED) is 0.756. The van der Waals surface area contributed by atoms with Crippen LogP contribution in [0, 0.1) is 6.92 Å². The lowest BCUT2D eigenvalue weighted by molar-refractivity contribution is -0.127. The van der Waals surface area contributed by atoms with E-state index in [1.54, 1.807) is 6.08 Å². The van der Waals surface area contributed by atoms with Gasteiger partial charge in [0, 0.05) is 18.7 Å². The van der Waals surface area contributed by atoms with E-state index in [1.807, 2.05) is 41.3 Å². The fourth-order valence-electron chi connectivity index (χ4n) is 2.49. The number of aryl methyl sites for hydroxylation is 1. The molecule has 112 valence electrons. The Morgan fingerprint density at radius 2 is 1.77 bits per heavy atom. The fraction of sp³-hybridized carbons (Fsp3) is 0.250. The molecule has 2 aromatic rings. The monoisotopic (exact) mass is 291 g/mol. The van der Waals surface area contributed by atoms with E-state index < -0.39 is 0 Å². The number of carbonyl (C=O) groups excluding carboxylic acids is 1. The molecule has 1 amide bonds. The molecule has 0 bridgehead atoms. The average Bonchev–Trinajstić information content (AvgIpc) is 3.37. The minimum Gasteiger partial charge on any atom is -0.332 e. The van der Waals surface area contributed by atoms with Crippen LogP contribution in [0.25, 0.3) is 6.08 Å². The molecular formula is C20H21NO. The Labute approximate surface area is 132 Å². The van der Waals surface area contributed by atoms with Crippen LogP contribution in [-0.2, 0) is 11.3 Å². The molecule has 0 atom stereocenters. The molecule has 2 heteroatoms. The molecule has 22 heavy (non-hydrogen) atoms. The zero-order valence-electron chi connectivity index (χ0n) is 12.9. The molecule has 2 nitrogen and oxygen atoms in total. The van der Waals surface area contributed by atoms with Crippen molar-refractivity contribution in [3.05, 3.63) is 77.4 Å². The van der Waals surface area contributed by atoms with Gasteiger partial charge in [-0.25, -0.2) is 0 Å². The second-order valence-corrected chi connectivity index (χ2v) is 5.93. The largest absolute Gasteiger partial charge is 0.332 e. The zero-order chi connectivity index (χ0) is 15.4. The van der Waals surface area contributed by atoms with Crippen molar-refractivity contribution in [3.8, 4) is 0 Å². The summed E-state index contributed by atoms with van der Waals surface area (Å²) in [5.41, 5.74) is 3.48. The van der Waals surface area contributed by atoms with Gasteiger partial charge in [0.05, 0.1) is 0 Å². The van der Waals surface area contributed by atoms with Crippen molar-refractivity contribution in [1.82, 2.24) is 4.90 Å². The van der Waals surface area contributed by atoms with Gasteiger partial charge in [0.2, 0.25) is 5.91 Å². The van der Waals surface area contributed by atoms with Gasteiger partial charge in [-0.3, -0.25) is 4.79 Å². The third-order valence-corrected chi connectivity index (χ3v) is 3.96. The number of hydrogen-bond acceptors (Lipinski definition) is 1. The van der Waals surface area contributed by atoms with E-state index in [0.717, 1.165) is 18.4 Å². The van der Waals surface area contributed by atoms with Crippen molar-refractivity contribution in [1.29, 1.82) is 0 Å². The normalized spacial score (nSPS) is 14.2. The highest BCUT2D eigenvalue weighted by Crippen LogP contribution is 2.28. The third-order valence-electron chi connectivity index (χ3n) is 3.96. The van der Waals surface area contributed by atoms with Crippen LogP contribution in [-0.4, -0.2) is 16.8 Å². The predicted molar refractivity (Wildman–Crippen MR) is 90.2 cm³/mol. The first-order valence-electron chi connectivity index (χ1n) is 7.81. The van der Waals surface area contributed by atoms with Crippen molar-refractivity contribution in [2.45, 2.75) is 32.4 Å². The van der Waals surface area contributed by atoms with Gasteiger partial charge in [-0.2, -0.15) is 0 Å². The van der Waals surface area contributed by atoms with E-state index in [0.29, 0.717) is 12.6 Å². The molecule has 1 aliphatic carbocycles. The predicted octanol–water partition coefficient (Wildman–Crippen LogP) is 4.20. The summed E-state index contributed by atoms with van der Waals surface area (Å²) in [6.45, 7) is 2.76. The highest BCUT2D eigenvalue weighted by molar-refractivity contribution is 5.92. The van der Waals surface area contributed by atoms with Crippen LogP contribution in [0.1, 0.15) is 29.5 Å². The summed E-state index contributed by atoms with van der Waals surface area (Å²) in [6, 6.07) is 18.8. The summed E-state index contributed by atoms with van der Waals surface area (Å²) in [5.74, 6) is 0.104. The second-order valence-electron chi connectivity index (χ2n) is 5.93. The minimum absolute atomic E-state index is 0.104. The molecule has 0 radical (unpaired) electrons. The summed E-state index contributed by atoms with van der Waals surface area (Å²) in [6.07, 6.45) is 5.85. The molecule has 0 heterocycles. The average molecular weight is 291 g/mol. The van der Waals surface area contributed by atoms with E-state index >= 15 is 0 Å². The van der Waals surface area contributed by atoms with E-state index in [-0.39, 0.29) is 5.91 Å². The number of amides is 1. The lowest BCUT2D eigenvalue weighted by atomic mass is 10.1. The van der Waals surface area contributed by atoms with Crippen molar-refractivity contribution in [2.24, 2.45) is 0 Å². The number of hydrogen-bond donors (Lipinski definition) is 0. The Morgan fingerprint density at radius 1 is 1.09 bits per heavy atom. The van der Waals surface area contributed by atoms with Gasteiger partial charge in [-0.15, -0.1) is 0 Å². The summed E-state index contributed by atoms with van der Waals surface area (Å²) in [5, 5.41) is 0. The molecule has 0 saturated heterocycles. The van der Waals surface area contributed by atoms with E-state index in [2.05, 4.69) is 31.2 Å². The summed E-state index contributed by atoms with van der Waals surface area (Å²) < 4.78 is 0. The van der Waals surface area contributed by atoms with Crippen LogP contribution in [0.4, 0.5) is 0 Å². The first-order valence-corrected chi connectivity index (χ1v) is 7.81. The number of carbonyl (C=O) groups is 1. The van der Waals surface area contributed by atoms with Gasteiger partial charge in [0.1, 0.15) is 0 Å². The molecule has 0 aliphatic heterocycles. The lowest BCUT2D eigenvalue weighted by Crippen LogP contribution is -2.31. The number of benzene rings is 2. The topological polar surface area (TPSA) is 20.3 Å². The second kappa shape index (κ2) is 6.61. The Hall–Kier alpha value is -2.35. The Bertz CT molecular complexity index is 654. The fourth-order valence-corrected chi connectivity index (χ4v) is 2.49. The van der Waals surface area contributed by atoms with Crippen molar-refractivity contribution in [3.63, 3.8) is 0 Å². The highest BCUT2D eigenvalue weighted by atomic mass is 16.2. The molecule has 1 saturated carbocycles. The van der Waals surface area contributed by atoms with E-state index in [1.165, 1.54) is 11.1 Å². The van der Waals surface area contributed by atoms with Crippen LogP contribution in [0.3, 0.4) is 0 Å². The van der Waals surface area contributed by atoms with E-state index in [4.69, 9.17) is 0 Å². The van der Waals surface area contributed by atoms with Gasteiger partial charge in [0.15, 0.2) is 0 Å².